The van der Waals surface area contributed by atoms with Crippen LogP contribution < -0.4 is 5.32 Å². The molecule has 0 heterocycles. The molecule has 0 aliphatic rings. The van der Waals surface area contributed by atoms with Gasteiger partial charge in [-0.3, -0.25) is 0 Å². The molecular formula is C17H21NO2. The fraction of sp³-hybridized carbons (Fsp3) is 0.294. The highest BCUT2D eigenvalue weighted by Crippen LogP contribution is 2.17. The van der Waals surface area contributed by atoms with E-state index in [-0.39, 0.29) is 0 Å². The molecule has 3 nitrogen and oxygen atoms in total. The predicted octanol–water partition coefficient (Wildman–Crippen LogP) is 2.39. The summed E-state index contributed by atoms with van der Waals surface area (Å²) in [7, 11) is 0. The standard InChI is InChI=1S/C17H21NO2/c1-13-7-8-17(20)15(9-13)11-18-12-16(19)10-14-5-3-2-4-6-14/h2-9,16,18-20H,10-12H2,1H3. The maximum atomic E-state index is 9.98. The number of nitrogens with one attached hydrogen (secondary N) is 1. The topological polar surface area (TPSA) is 52.5 Å². The van der Waals surface area contributed by atoms with Crippen LogP contribution in [-0.2, 0) is 13.0 Å². The average Bonchev–Trinajstić information content (AvgIpc) is 2.44. The highest BCUT2D eigenvalue weighted by molar-refractivity contribution is 5.35. The number of aliphatic hydroxyl groups is 1. The van der Waals surface area contributed by atoms with Crippen molar-refractivity contribution in [3.8, 4) is 5.75 Å². The predicted molar refractivity (Wildman–Crippen MR) is 80.7 cm³/mol. The third-order valence-corrected chi connectivity index (χ3v) is 3.24. The molecule has 0 bridgehead atoms. The van der Waals surface area contributed by atoms with E-state index in [0.29, 0.717) is 25.3 Å². The number of aromatic hydroxyl groups is 1. The third-order valence-electron chi connectivity index (χ3n) is 3.24. The molecule has 1 unspecified atom stereocenters. The molecule has 3 heteroatoms. The van der Waals surface area contributed by atoms with Gasteiger partial charge in [0.1, 0.15) is 5.75 Å². The second kappa shape index (κ2) is 7.08. The van der Waals surface area contributed by atoms with Gasteiger partial charge in [0.25, 0.3) is 0 Å². The Bertz CT molecular complexity index is 540. The van der Waals surface area contributed by atoms with E-state index in [1.54, 1.807) is 6.07 Å². The van der Waals surface area contributed by atoms with E-state index in [1.807, 2.05) is 49.4 Å². The Kier molecular flexibility index (Phi) is 5.16. The van der Waals surface area contributed by atoms with Crippen LogP contribution in [0.2, 0.25) is 0 Å². The molecule has 106 valence electrons. The molecule has 2 aromatic carbocycles. The Hall–Kier alpha value is -1.84. The van der Waals surface area contributed by atoms with Gasteiger partial charge >= 0.3 is 0 Å². The second-order valence-electron chi connectivity index (χ2n) is 5.11. The molecule has 0 aliphatic heterocycles. The molecule has 0 radical (unpaired) electrons. The molecule has 0 spiro atoms. The van der Waals surface area contributed by atoms with Crippen molar-refractivity contribution in [2.75, 3.05) is 6.54 Å². The first-order valence-electron chi connectivity index (χ1n) is 6.86. The number of phenols is 1. The van der Waals surface area contributed by atoms with Gasteiger partial charge in [0.2, 0.25) is 0 Å². The zero-order valence-corrected chi connectivity index (χ0v) is 11.7. The first-order valence-corrected chi connectivity index (χ1v) is 6.86. The Morgan fingerprint density at radius 3 is 2.60 bits per heavy atom. The van der Waals surface area contributed by atoms with Crippen LogP contribution in [0, 0.1) is 6.92 Å². The summed E-state index contributed by atoms with van der Waals surface area (Å²) >= 11 is 0. The van der Waals surface area contributed by atoms with Gasteiger partial charge < -0.3 is 15.5 Å². The lowest BCUT2D eigenvalue weighted by Crippen LogP contribution is -2.28. The van der Waals surface area contributed by atoms with Gasteiger partial charge in [0.15, 0.2) is 0 Å². The fourth-order valence-electron chi connectivity index (χ4n) is 2.19. The number of benzene rings is 2. The summed E-state index contributed by atoms with van der Waals surface area (Å²) in [5.41, 5.74) is 3.10. The summed E-state index contributed by atoms with van der Waals surface area (Å²) in [5.74, 6) is 0.292. The largest absolute Gasteiger partial charge is 0.508 e. The first-order chi connectivity index (χ1) is 9.65. The van der Waals surface area contributed by atoms with Crippen molar-refractivity contribution in [2.24, 2.45) is 0 Å². The van der Waals surface area contributed by atoms with Gasteiger partial charge in [-0.2, -0.15) is 0 Å². The van der Waals surface area contributed by atoms with E-state index in [0.717, 1.165) is 16.7 Å². The van der Waals surface area contributed by atoms with Crippen molar-refractivity contribution >= 4 is 0 Å². The third kappa shape index (κ3) is 4.37. The van der Waals surface area contributed by atoms with Crippen LogP contribution in [0.3, 0.4) is 0 Å². The number of hydrogen-bond acceptors (Lipinski definition) is 3. The molecule has 0 saturated carbocycles. The molecule has 0 fully saturated rings. The van der Waals surface area contributed by atoms with E-state index in [1.165, 1.54) is 0 Å². The normalized spacial score (nSPS) is 12.3. The molecule has 2 aromatic rings. The van der Waals surface area contributed by atoms with E-state index < -0.39 is 6.10 Å². The number of phenolic OH excluding ortho intramolecular Hbond substituents is 1. The minimum absolute atomic E-state index is 0.292. The van der Waals surface area contributed by atoms with Crippen molar-refractivity contribution < 1.29 is 10.2 Å². The van der Waals surface area contributed by atoms with Crippen LogP contribution in [-0.4, -0.2) is 22.9 Å². The summed E-state index contributed by atoms with van der Waals surface area (Å²) in [6, 6.07) is 15.5. The maximum absolute atomic E-state index is 9.98. The summed E-state index contributed by atoms with van der Waals surface area (Å²) in [6.45, 7) is 3.05. The summed E-state index contributed by atoms with van der Waals surface area (Å²) in [4.78, 5) is 0. The Morgan fingerprint density at radius 2 is 1.85 bits per heavy atom. The Morgan fingerprint density at radius 1 is 1.10 bits per heavy atom. The van der Waals surface area contributed by atoms with Crippen molar-refractivity contribution in [3.05, 3.63) is 65.2 Å². The van der Waals surface area contributed by atoms with Crippen molar-refractivity contribution in [2.45, 2.75) is 26.0 Å². The van der Waals surface area contributed by atoms with E-state index in [9.17, 15) is 10.2 Å². The Labute approximate surface area is 119 Å². The van der Waals surface area contributed by atoms with Crippen LogP contribution in [0.5, 0.6) is 5.75 Å². The van der Waals surface area contributed by atoms with Gasteiger partial charge in [-0.05, 0) is 25.0 Å². The van der Waals surface area contributed by atoms with Crippen LogP contribution in [0.4, 0.5) is 0 Å². The molecule has 1 atom stereocenters. The summed E-state index contributed by atoms with van der Waals surface area (Å²) < 4.78 is 0. The molecule has 3 N–H and O–H groups in total. The number of aliphatic hydroxyl groups excluding tert-OH is 1. The summed E-state index contributed by atoms with van der Waals surface area (Å²) in [5, 5.41) is 22.9. The number of hydrogen-bond donors (Lipinski definition) is 3. The van der Waals surface area contributed by atoms with Crippen LogP contribution >= 0.6 is 0 Å². The van der Waals surface area contributed by atoms with E-state index >= 15 is 0 Å². The lowest BCUT2D eigenvalue weighted by Gasteiger charge is -2.13. The minimum atomic E-state index is -0.427. The highest BCUT2D eigenvalue weighted by atomic mass is 16.3. The van der Waals surface area contributed by atoms with Gasteiger partial charge in [-0.1, -0.05) is 48.0 Å². The molecule has 0 amide bonds. The van der Waals surface area contributed by atoms with E-state index in [4.69, 9.17) is 0 Å². The monoisotopic (exact) mass is 271 g/mol. The van der Waals surface area contributed by atoms with Gasteiger partial charge in [-0.25, -0.2) is 0 Å². The van der Waals surface area contributed by atoms with Crippen LogP contribution in [0.1, 0.15) is 16.7 Å². The molecular weight excluding hydrogens is 250 g/mol. The van der Waals surface area contributed by atoms with Gasteiger partial charge in [0, 0.05) is 18.7 Å². The molecule has 0 aliphatic carbocycles. The smallest absolute Gasteiger partial charge is 0.120 e. The van der Waals surface area contributed by atoms with E-state index in [2.05, 4.69) is 5.32 Å². The average molecular weight is 271 g/mol. The molecule has 0 saturated heterocycles. The number of aryl methyl sites for hydroxylation is 1. The SMILES string of the molecule is Cc1ccc(O)c(CNCC(O)Cc2ccccc2)c1. The van der Waals surface area contributed by atoms with Crippen LogP contribution in [0.25, 0.3) is 0 Å². The Balaban J connectivity index is 1.79. The molecule has 20 heavy (non-hydrogen) atoms. The minimum Gasteiger partial charge on any atom is -0.508 e. The quantitative estimate of drug-likeness (QED) is 0.756. The number of rotatable bonds is 6. The van der Waals surface area contributed by atoms with Gasteiger partial charge in [-0.15, -0.1) is 0 Å². The van der Waals surface area contributed by atoms with Gasteiger partial charge in [0.05, 0.1) is 6.10 Å². The maximum Gasteiger partial charge on any atom is 0.120 e. The zero-order chi connectivity index (χ0) is 14.4. The van der Waals surface area contributed by atoms with Crippen LogP contribution in [0.15, 0.2) is 48.5 Å². The fourth-order valence-corrected chi connectivity index (χ4v) is 2.19. The highest BCUT2D eigenvalue weighted by Gasteiger charge is 2.06. The first kappa shape index (κ1) is 14.6. The van der Waals surface area contributed by atoms with Crippen molar-refractivity contribution in [3.63, 3.8) is 0 Å². The zero-order valence-electron chi connectivity index (χ0n) is 11.7. The van der Waals surface area contributed by atoms with Crippen molar-refractivity contribution in [1.82, 2.24) is 5.32 Å². The van der Waals surface area contributed by atoms with Crippen molar-refractivity contribution in [1.29, 1.82) is 0 Å². The summed E-state index contributed by atoms with van der Waals surface area (Å²) in [6.07, 6.45) is 0.206. The molecule has 0 aromatic heterocycles. The lowest BCUT2D eigenvalue weighted by molar-refractivity contribution is 0.171. The second-order valence-corrected chi connectivity index (χ2v) is 5.11. The lowest BCUT2D eigenvalue weighted by atomic mass is 10.1. The molecule has 2 rings (SSSR count).